The van der Waals surface area contributed by atoms with Gasteiger partial charge >= 0.3 is 0 Å². The van der Waals surface area contributed by atoms with Crippen molar-refractivity contribution in [2.75, 3.05) is 12.4 Å². The second-order valence-corrected chi connectivity index (χ2v) is 6.70. The van der Waals surface area contributed by atoms with Crippen LogP contribution in [0.4, 0.5) is 5.69 Å². The number of para-hydroxylation sites is 1. The summed E-state index contributed by atoms with van der Waals surface area (Å²) >= 11 is 0. The van der Waals surface area contributed by atoms with Crippen LogP contribution in [-0.4, -0.2) is 13.0 Å². The molecule has 1 amide bonds. The highest BCUT2D eigenvalue weighted by Gasteiger charge is 2.08. The smallest absolute Gasteiger partial charge is 0.255 e. The first-order valence-corrected chi connectivity index (χ1v) is 9.60. The van der Waals surface area contributed by atoms with Gasteiger partial charge in [-0.25, -0.2) is 0 Å². The van der Waals surface area contributed by atoms with Gasteiger partial charge in [-0.2, -0.15) is 0 Å². The molecule has 0 unspecified atom stereocenters. The summed E-state index contributed by atoms with van der Waals surface area (Å²) in [5.74, 6) is 2.11. The Kier molecular flexibility index (Phi) is 5.76. The van der Waals surface area contributed by atoms with Crippen molar-refractivity contribution in [2.45, 2.75) is 0 Å². The van der Waals surface area contributed by atoms with Gasteiger partial charge in [0.25, 0.3) is 5.91 Å². The molecule has 30 heavy (non-hydrogen) atoms. The fraction of sp³-hybridized carbons (Fsp3) is 0.0385. The predicted octanol–water partition coefficient (Wildman–Crippen LogP) is 6.41. The van der Waals surface area contributed by atoms with Crippen LogP contribution >= 0.6 is 0 Å². The van der Waals surface area contributed by atoms with E-state index in [2.05, 4.69) is 5.32 Å². The number of benzene rings is 4. The van der Waals surface area contributed by atoms with Crippen LogP contribution in [-0.2, 0) is 0 Å². The monoisotopic (exact) mass is 395 g/mol. The van der Waals surface area contributed by atoms with E-state index >= 15 is 0 Å². The fourth-order valence-corrected chi connectivity index (χ4v) is 3.06. The molecule has 1 N–H and O–H groups in total. The molecule has 0 bridgehead atoms. The van der Waals surface area contributed by atoms with Gasteiger partial charge in [-0.3, -0.25) is 4.79 Å². The summed E-state index contributed by atoms with van der Waals surface area (Å²) < 4.78 is 11.0. The van der Waals surface area contributed by atoms with Crippen molar-refractivity contribution in [3.63, 3.8) is 0 Å². The van der Waals surface area contributed by atoms with Crippen molar-refractivity contribution in [1.82, 2.24) is 0 Å². The van der Waals surface area contributed by atoms with Crippen molar-refractivity contribution in [2.24, 2.45) is 0 Å². The Hall–Kier alpha value is -4.05. The SMILES string of the molecule is COc1ccc(-c2cccc(C(=O)Nc3ccc(Oc4ccccc4)cc3)c2)cc1. The lowest BCUT2D eigenvalue weighted by Crippen LogP contribution is -2.11. The van der Waals surface area contributed by atoms with E-state index in [1.54, 1.807) is 13.2 Å². The zero-order valence-corrected chi connectivity index (χ0v) is 16.5. The summed E-state index contributed by atoms with van der Waals surface area (Å²) in [4.78, 5) is 12.7. The van der Waals surface area contributed by atoms with Crippen LogP contribution in [0.15, 0.2) is 103 Å². The van der Waals surface area contributed by atoms with Gasteiger partial charge in [0.1, 0.15) is 17.2 Å². The first kappa shape index (κ1) is 19.3. The van der Waals surface area contributed by atoms with Crippen LogP contribution in [0, 0.1) is 0 Å². The van der Waals surface area contributed by atoms with Gasteiger partial charge in [0.15, 0.2) is 0 Å². The predicted molar refractivity (Wildman–Crippen MR) is 119 cm³/mol. The molecule has 0 saturated heterocycles. The summed E-state index contributed by atoms with van der Waals surface area (Å²) in [6, 6.07) is 32.2. The number of amides is 1. The maximum atomic E-state index is 12.7. The summed E-state index contributed by atoms with van der Waals surface area (Å²) in [5.41, 5.74) is 3.29. The minimum Gasteiger partial charge on any atom is -0.497 e. The second-order valence-electron chi connectivity index (χ2n) is 6.70. The molecular weight excluding hydrogens is 374 g/mol. The van der Waals surface area contributed by atoms with Crippen LogP contribution in [0.3, 0.4) is 0 Å². The Morgan fingerprint density at radius 2 is 1.33 bits per heavy atom. The lowest BCUT2D eigenvalue weighted by atomic mass is 10.0. The average molecular weight is 395 g/mol. The number of methoxy groups -OCH3 is 1. The largest absolute Gasteiger partial charge is 0.497 e. The van der Waals surface area contributed by atoms with E-state index in [4.69, 9.17) is 9.47 Å². The maximum absolute atomic E-state index is 12.7. The van der Waals surface area contributed by atoms with Gasteiger partial charge in [-0.15, -0.1) is 0 Å². The molecular formula is C26H21NO3. The second kappa shape index (κ2) is 8.97. The lowest BCUT2D eigenvalue weighted by Gasteiger charge is -2.09. The quantitative estimate of drug-likeness (QED) is 0.410. The third kappa shape index (κ3) is 4.67. The Labute approximate surface area is 175 Å². The van der Waals surface area contributed by atoms with Gasteiger partial charge in [-0.1, -0.05) is 42.5 Å². The van der Waals surface area contributed by atoms with Crippen molar-refractivity contribution in [1.29, 1.82) is 0 Å². The Morgan fingerprint density at radius 1 is 0.667 bits per heavy atom. The number of ether oxygens (including phenoxy) is 2. The summed E-state index contributed by atoms with van der Waals surface area (Å²) in [6.07, 6.45) is 0. The van der Waals surface area contributed by atoms with Gasteiger partial charge in [0, 0.05) is 11.3 Å². The van der Waals surface area contributed by atoms with Crippen molar-refractivity contribution >= 4 is 11.6 Å². The molecule has 0 aliphatic carbocycles. The van der Waals surface area contributed by atoms with Crippen molar-refractivity contribution < 1.29 is 14.3 Å². The molecule has 0 atom stereocenters. The normalized spacial score (nSPS) is 10.3. The number of carbonyl (C=O) groups is 1. The molecule has 0 fully saturated rings. The molecule has 4 rings (SSSR count). The van der Waals surface area contributed by atoms with Gasteiger partial charge in [0.05, 0.1) is 7.11 Å². The van der Waals surface area contributed by atoms with Crippen LogP contribution in [0.5, 0.6) is 17.2 Å². The molecule has 0 radical (unpaired) electrons. The van der Waals surface area contributed by atoms with Crippen LogP contribution < -0.4 is 14.8 Å². The Balaban J connectivity index is 1.44. The van der Waals surface area contributed by atoms with Crippen molar-refractivity contribution in [3.05, 3.63) is 109 Å². The first-order chi connectivity index (χ1) is 14.7. The summed E-state index contributed by atoms with van der Waals surface area (Å²) in [6.45, 7) is 0. The van der Waals surface area contributed by atoms with E-state index in [9.17, 15) is 4.79 Å². The zero-order chi connectivity index (χ0) is 20.8. The molecule has 4 nitrogen and oxygen atoms in total. The van der Waals surface area contributed by atoms with Crippen LogP contribution in [0.2, 0.25) is 0 Å². The van der Waals surface area contributed by atoms with E-state index in [1.807, 2.05) is 97.1 Å². The van der Waals surface area contributed by atoms with Gasteiger partial charge in [-0.05, 0) is 71.8 Å². The number of anilines is 1. The summed E-state index contributed by atoms with van der Waals surface area (Å²) in [7, 11) is 1.64. The fourth-order valence-electron chi connectivity index (χ4n) is 3.06. The highest BCUT2D eigenvalue weighted by atomic mass is 16.5. The van der Waals surface area contributed by atoms with Crippen molar-refractivity contribution in [3.8, 4) is 28.4 Å². The highest BCUT2D eigenvalue weighted by molar-refractivity contribution is 6.05. The number of hydrogen-bond acceptors (Lipinski definition) is 3. The number of nitrogens with one attached hydrogen (secondary N) is 1. The molecule has 0 aromatic heterocycles. The minimum absolute atomic E-state index is 0.165. The third-order valence-electron chi connectivity index (χ3n) is 4.64. The average Bonchev–Trinajstić information content (AvgIpc) is 2.81. The molecule has 4 heteroatoms. The lowest BCUT2D eigenvalue weighted by molar-refractivity contribution is 0.102. The standard InChI is InChI=1S/C26H21NO3/c1-29-23-14-10-19(11-15-23)20-6-5-7-21(18-20)26(28)27-22-12-16-25(17-13-22)30-24-8-3-2-4-9-24/h2-18H,1H3,(H,27,28). The topological polar surface area (TPSA) is 47.6 Å². The Morgan fingerprint density at radius 3 is 2.03 bits per heavy atom. The number of hydrogen-bond donors (Lipinski definition) is 1. The zero-order valence-electron chi connectivity index (χ0n) is 16.5. The van der Waals surface area contributed by atoms with E-state index in [1.165, 1.54) is 0 Å². The molecule has 4 aromatic carbocycles. The van der Waals surface area contributed by atoms with E-state index in [0.717, 1.165) is 22.6 Å². The van der Waals surface area contributed by atoms with Gasteiger partial charge in [0.2, 0.25) is 0 Å². The van der Waals surface area contributed by atoms with E-state index in [0.29, 0.717) is 17.0 Å². The molecule has 148 valence electrons. The number of carbonyl (C=O) groups excluding carboxylic acids is 1. The molecule has 0 aliphatic rings. The Bertz CT molecular complexity index is 1120. The van der Waals surface area contributed by atoms with Gasteiger partial charge < -0.3 is 14.8 Å². The van der Waals surface area contributed by atoms with Crippen LogP contribution in [0.25, 0.3) is 11.1 Å². The first-order valence-electron chi connectivity index (χ1n) is 9.60. The number of rotatable bonds is 6. The summed E-state index contributed by atoms with van der Waals surface area (Å²) in [5, 5.41) is 2.93. The molecule has 0 aliphatic heterocycles. The van der Waals surface area contributed by atoms with E-state index < -0.39 is 0 Å². The molecule has 0 saturated carbocycles. The minimum atomic E-state index is -0.165. The highest BCUT2D eigenvalue weighted by Crippen LogP contribution is 2.25. The maximum Gasteiger partial charge on any atom is 0.255 e. The third-order valence-corrected chi connectivity index (χ3v) is 4.64. The van der Waals surface area contributed by atoms with E-state index in [-0.39, 0.29) is 5.91 Å². The molecule has 4 aromatic rings. The van der Waals surface area contributed by atoms with Crippen LogP contribution in [0.1, 0.15) is 10.4 Å². The molecule has 0 heterocycles. The molecule has 0 spiro atoms.